The van der Waals surface area contributed by atoms with Crippen molar-refractivity contribution in [1.82, 2.24) is 4.90 Å². The van der Waals surface area contributed by atoms with Gasteiger partial charge in [-0.3, -0.25) is 9.69 Å². The SMILES string of the molecule is CN(C)c1ccc(/C=C2/SC(=S)N(CC(=O)[O-])C2=O)cc1. The first-order valence-corrected chi connectivity index (χ1v) is 7.33. The van der Waals surface area contributed by atoms with E-state index in [2.05, 4.69) is 0 Å². The molecule has 110 valence electrons. The zero-order valence-corrected chi connectivity index (χ0v) is 13.2. The average Bonchev–Trinajstić information content (AvgIpc) is 2.67. The Bertz CT molecular complexity index is 624. The van der Waals surface area contributed by atoms with Crippen molar-refractivity contribution in [3.8, 4) is 0 Å². The fourth-order valence-corrected chi connectivity index (χ4v) is 3.04. The molecular weight excluding hydrogens is 308 g/mol. The molecule has 0 atom stereocenters. The third kappa shape index (κ3) is 3.62. The standard InChI is InChI=1S/C14H14N2O3S2/c1-15(2)10-5-3-9(4-6-10)7-11-13(19)16(8-12(17)18)14(20)21-11/h3-7H,8H2,1-2H3,(H,17,18)/p-1/b11-7+. The third-order valence-electron chi connectivity index (χ3n) is 2.87. The average molecular weight is 321 g/mol. The molecule has 1 aliphatic heterocycles. The van der Waals surface area contributed by atoms with E-state index < -0.39 is 18.4 Å². The second-order valence-corrected chi connectivity index (χ2v) is 6.30. The van der Waals surface area contributed by atoms with Crippen molar-refractivity contribution >= 4 is 51.9 Å². The molecule has 0 aromatic heterocycles. The first-order chi connectivity index (χ1) is 9.88. The molecule has 0 saturated carbocycles. The molecule has 0 aliphatic carbocycles. The van der Waals surface area contributed by atoms with E-state index in [-0.39, 0.29) is 4.32 Å². The van der Waals surface area contributed by atoms with Crippen LogP contribution in [0.25, 0.3) is 6.08 Å². The maximum Gasteiger partial charge on any atom is 0.266 e. The molecule has 1 aliphatic rings. The second-order valence-electron chi connectivity index (χ2n) is 4.63. The van der Waals surface area contributed by atoms with Crippen LogP contribution in [0.2, 0.25) is 0 Å². The molecular formula is C14H13N2O3S2-. The van der Waals surface area contributed by atoms with Gasteiger partial charge in [0.25, 0.3) is 5.91 Å². The molecule has 1 fully saturated rings. The first kappa shape index (κ1) is 15.5. The number of carboxylic acids is 1. The normalized spacial score (nSPS) is 16.7. The van der Waals surface area contributed by atoms with Crippen molar-refractivity contribution in [2.75, 3.05) is 25.5 Å². The highest BCUT2D eigenvalue weighted by Gasteiger charge is 2.31. The van der Waals surface area contributed by atoms with Crippen LogP contribution in [0.3, 0.4) is 0 Å². The highest BCUT2D eigenvalue weighted by molar-refractivity contribution is 8.26. The van der Waals surface area contributed by atoms with Crippen LogP contribution < -0.4 is 10.0 Å². The van der Waals surface area contributed by atoms with Crippen LogP contribution in [0.1, 0.15) is 5.56 Å². The molecule has 1 heterocycles. The second kappa shape index (κ2) is 6.28. The number of rotatable bonds is 4. The zero-order chi connectivity index (χ0) is 15.6. The van der Waals surface area contributed by atoms with Gasteiger partial charge in [0.1, 0.15) is 4.32 Å². The van der Waals surface area contributed by atoms with Gasteiger partial charge in [-0.15, -0.1) is 0 Å². The van der Waals surface area contributed by atoms with Gasteiger partial charge in [-0.1, -0.05) is 36.1 Å². The fraction of sp³-hybridized carbons (Fsp3) is 0.214. The maximum atomic E-state index is 12.1. The van der Waals surface area contributed by atoms with Gasteiger partial charge in [-0.05, 0) is 23.8 Å². The van der Waals surface area contributed by atoms with Gasteiger partial charge in [-0.2, -0.15) is 0 Å². The first-order valence-electron chi connectivity index (χ1n) is 6.11. The van der Waals surface area contributed by atoms with Gasteiger partial charge >= 0.3 is 0 Å². The van der Waals surface area contributed by atoms with Crippen molar-refractivity contribution < 1.29 is 14.7 Å². The van der Waals surface area contributed by atoms with Crippen molar-refractivity contribution in [3.05, 3.63) is 34.7 Å². The summed E-state index contributed by atoms with van der Waals surface area (Å²) in [6.07, 6.45) is 1.70. The van der Waals surface area contributed by atoms with E-state index in [9.17, 15) is 14.7 Å². The number of anilines is 1. The predicted molar refractivity (Wildman–Crippen MR) is 85.7 cm³/mol. The molecule has 0 bridgehead atoms. The van der Waals surface area contributed by atoms with Crippen LogP contribution in [0, 0.1) is 0 Å². The minimum atomic E-state index is -1.33. The number of thiocarbonyl (C=S) groups is 1. The quantitative estimate of drug-likeness (QED) is 0.601. The van der Waals surface area contributed by atoms with Gasteiger partial charge in [0.05, 0.1) is 17.4 Å². The summed E-state index contributed by atoms with van der Waals surface area (Å²) < 4.78 is 0.236. The van der Waals surface area contributed by atoms with E-state index in [1.165, 1.54) is 0 Å². The number of amides is 1. The lowest BCUT2D eigenvalue weighted by molar-refractivity contribution is -0.305. The van der Waals surface area contributed by atoms with E-state index in [0.717, 1.165) is 27.9 Å². The van der Waals surface area contributed by atoms with Gasteiger partial charge in [0.2, 0.25) is 0 Å². The molecule has 0 N–H and O–H groups in total. The molecule has 1 saturated heterocycles. The highest BCUT2D eigenvalue weighted by atomic mass is 32.2. The summed E-state index contributed by atoms with van der Waals surface area (Å²) in [4.78, 5) is 26.1. The lowest BCUT2D eigenvalue weighted by Crippen LogP contribution is -2.40. The summed E-state index contributed by atoms with van der Waals surface area (Å²) in [5.41, 5.74) is 1.91. The van der Waals surface area contributed by atoms with Gasteiger partial charge in [0.15, 0.2) is 0 Å². The smallest absolute Gasteiger partial charge is 0.266 e. The van der Waals surface area contributed by atoms with Crippen LogP contribution in [-0.4, -0.2) is 41.7 Å². The fourth-order valence-electron chi connectivity index (χ4n) is 1.79. The Hall–Kier alpha value is -1.86. The Morgan fingerprint density at radius 2 is 2.00 bits per heavy atom. The molecule has 5 nitrogen and oxygen atoms in total. The van der Waals surface area contributed by atoms with Gasteiger partial charge < -0.3 is 14.8 Å². The number of carbonyl (C=O) groups excluding carboxylic acids is 2. The molecule has 0 unspecified atom stereocenters. The van der Waals surface area contributed by atoms with E-state index in [1.54, 1.807) is 6.08 Å². The van der Waals surface area contributed by atoms with E-state index in [1.807, 2.05) is 43.3 Å². The molecule has 2 rings (SSSR count). The summed E-state index contributed by atoms with van der Waals surface area (Å²) in [5.74, 6) is -1.73. The van der Waals surface area contributed by atoms with Gasteiger partial charge in [-0.25, -0.2) is 0 Å². The molecule has 0 radical (unpaired) electrons. The topological polar surface area (TPSA) is 63.7 Å². The molecule has 1 amide bonds. The van der Waals surface area contributed by atoms with Crippen molar-refractivity contribution in [1.29, 1.82) is 0 Å². The zero-order valence-electron chi connectivity index (χ0n) is 11.5. The van der Waals surface area contributed by atoms with Crippen LogP contribution in [0.5, 0.6) is 0 Å². The minimum Gasteiger partial charge on any atom is -0.548 e. The largest absolute Gasteiger partial charge is 0.548 e. The molecule has 1 aromatic rings. The van der Waals surface area contributed by atoms with Crippen LogP contribution in [0.4, 0.5) is 5.69 Å². The number of hydrogen-bond acceptors (Lipinski definition) is 6. The van der Waals surface area contributed by atoms with Crippen LogP contribution >= 0.6 is 24.0 Å². The van der Waals surface area contributed by atoms with E-state index >= 15 is 0 Å². The Balaban J connectivity index is 2.20. The summed E-state index contributed by atoms with van der Waals surface area (Å²) in [7, 11) is 3.89. The molecule has 7 heteroatoms. The Morgan fingerprint density at radius 3 is 2.52 bits per heavy atom. The number of benzene rings is 1. The maximum absolute atomic E-state index is 12.1. The number of thioether (sulfide) groups is 1. The van der Waals surface area contributed by atoms with E-state index in [0.29, 0.717) is 4.91 Å². The molecule has 1 aromatic carbocycles. The van der Waals surface area contributed by atoms with Crippen molar-refractivity contribution in [3.63, 3.8) is 0 Å². The number of hydrogen-bond donors (Lipinski definition) is 0. The Labute approximate surface area is 132 Å². The Morgan fingerprint density at radius 1 is 1.38 bits per heavy atom. The molecule has 0 spiro atoms. The summed E-state index contributed by atoms with van der Waals surface area (Å²) in [6.45, 7) is -0.512. The minimum absolute atomic E-state index is 0.236. The summed E-state index contributed by atoms with van der Waals surface area (Å²) in [5, 5.41) is 10.6. The number of carboxylic acid groups (broad SMARTS) is 1. The summed E-state index contributed by atoms with van der Waals surface area (Å²) >= 11 is 6.11. The summed E-state index contributed by atoms with van der Waals surface area (Å²) in [6, 6.07) is 7.66. The predicted octanol–water partition coefficient (Wildman–Crippen LogP) is 0.704. The lowest BCUT2D eigenvalue weighted by Gasteiger charge is -2.14. The van der Waals surface area contributed by atoms with Crippen LogP contribution in [-0.2, 0) is 9.59 Å². The monoisotopic (exact) mass is 321 g/mol. The Kier molecular flexibility index (Phi) is 4.64. The number of nitrogens with zero attached hydrogens (tertiary/aromatic N) is 2. The lowest BCUT2D eigenvalue weighted by atomic mass is 10.2. The highest BCUT2D eigenvalue weighted by Crippen LogP contribution is 2.32. The van der Waals surface area contributed by atoms with Crippen molar-refractivity contribution in [2.24, 2.45) is 0 Å². The molecule has 21 heavy (non-hydrogen) atoms. The third-order valence-corrected chi connectivity index (χ3v) is 4.25. The van der Waals surface area contributed by atoms with E-state index in [4.69, 9.17) is 12.2 Å². The van der Waals surface area contributed by atoms with Crippen LogP contribution in [0.15, 0.2) is 29.2 Å². The van der Waals surface area contributed by atoms with Gasteiger partial charge in [0, 0.05) is 19.8 Å². The number of carbonyl (C=O) groups is 2. The van der Waals surface area contributed by atoms with Crippen molar-refractivity contribution in [2.45, 2.75) is 0 Å². The number of aliphatic carboxylic acids is 1.